The highest BCUT2D eigenvalue weighted by Crippen LogP contribution is 2.12. The maximum absolute atomic E-state index is 11.7. The van der Waals surface area contributed by atoms with Gasteiger partial charge in [-0.2, -0.15) is 0 Å². The fourth-order valence-corrected chi connectivity index (χ4v) is 1.35. The van der Waals surface area contributed by atoms with Crippen molar-refractivity contribution < 1.29 is 29.3 Å². The van der Waals surface area contributed by atoms with Crippen LogP contribution < -0.4 is 0 Å². The van der Waals surface area contributed by atoms with Crippen molar-refractivity contribution in [1.29, 1.82) is 0 Å². The van der Waals surface area contributed by atoms with E-state index in [4.69, 9.17) is 14.9 Å². The normalized spacial score (nSPS) is 11.6. The molecule has 1 aromatic carbocycles. The number of aromatic carboxylic acids is 1. The lowest BCUT2D eigenvalue weighted by atomic mass is 10.1. The Hall–Kier alpha value is -2.37. The highest BCUT2D eigenvalue weighted by Gasteiger charge is 2.23. The fraction of sp³-hybridized carbons (Fsp3) is 0.250. The van der Waals surface area contributed by atoms with Gasteiger partial charge in [-0.25, -0.2) is 14.4 Å². The summed E-state index contributed by atoms with van der Waals surface area (Å²) in [7, 11) is 0. The Morgan fingerprint density at radius 2 is 1.72 bits per heavy atom. The summed E-state index contributed by atoms with van der Waals surface area (Å²) in [5, 5.41) is 17.6. The third kappa shape index (κ3) is 3.07. The predicted molar refractivity (Wildman–Crippen MR) is 60.5 cm³/mol. The number of rotatable bonds is 5. The van der Waals surface area contributed by atoms with Crippen molar-refractivity contribution in [3.05, 3.63) is 35.4 Å². The Balaban J connectivity index is 2.97. The first-order valence-corrected chi connectivity index (χ1v) is 5.23. The quantitative estimate of drug-likeness (QED) is 0.768. The summed E-state index contributed by atoms with van der Waals surface area (Å²) >= 11 is 0. The molecule has 0 aliphatic carbocycles. The molecule has 0 heterocycles. The summed E-state index contributed by atoms with van der Waals surface area (Å²) in [6.07, 6.45) is -1.17. The van der Waals surface area contributed by atoms with E-state index in [2.05, 4.69) is 0 Å². The van der Waals surface area contributed by atoms with E-state index in [1.54, 1.807) is 6.92 Å². The zero-order valence-corrected chi connectivity index (χ0v) is 9.62. The van der Waals surface area contributed by atoms with Gasteiger partial charge in [0.25, 0.3) is 0 Å². The summed E-state index contributed by atoms with van der Waals surface area (Å²) in [4.78, 5) is 33.3. The van der Waals surface area contributed by atoms with E-state index in [-0.39, 0.29) is 17.5 Å². The fourth-order valence-electron chi connectivity index (χ4n) is 1.35. The van der Waals surface area contributed by atoms with E-state index in [0.717, 1.165) is 0 Å². The van der Waals surface area contributed by atoms with Gasteiger partial charge in [0.1, 0.15) is 0 Å². The Labute approximate surface area is 103 Å². The van der Waals surface area contributed by atoms with Crippen LogP contribution in [0.15, 0.2) is 24.3 Å². The molecule has 0 aliphatic rings. The largest absolute Gasteiger partial charge is 0.479 e. The van der Waals surface area contributed by atoms with Crippen LogP contribution >= 0.6 is 0 Å². The second kappa shape index (κ2) is 5.81. The van der Waals surface area contributed by atoms with Crippen LogP contribution in [0.25, 0.3) is 0 Å². The number of hydrogen-bond donors (Lipinski definition) is 2. The third-order valence-electron chi connectivity index (χ3n) is 2.27. The second-order valence-electron chi connectivity index (χ2n) is 3.49. The molecule has 1 atom stereocenters. The van der Waals surface area contributed by atoms with Gasteiger partial charge in [-0.15, -0.1) is 0 Å². The third-order valence-corrected chi connectivity index (χ3v) is 2.27. The number of ether oxygens (including phenoxy) is 1. The molecule has 18 heavy (non-hydrogen) atoms. The van der Waals surface area contributed by atoms with Gasteiger partial charge in [0.05, 0.1) is 11.1 Å². The number of aliphatic carboxylic acids is 1. The van der Waals surface area contributed by atoms with Crippen molar-refractivity contribution >= 4 is 17.9 Å². The molecule has 0 saturated carbocycles. The molecule has 0 radical (unpaired) electrons. The SMILES string of the molecule is CCC(OC(=O)c1ccccc1C(=O)O)C(=O)O. The molecular formula is C12H12O6. The van der Waals surface area contributed by atoms with Crippen molar-refractivity contribution in [2.45, 2.75) is 19.4 Å². The Morgan fingerprint density at radius 1 is 1.17 bits per heavy atom. The van der Waals surface area contributed by atoms with Crippen LogP contribution in [-0.2, 0) is 9.53 Å². The van der Waals surface area contributed by atoms with Crippen molar-refractivity contribution in [3.63, 3.8) is 0 Å². The molecule has 96 valence electrons. The minimum absolute atomic E-state index is 0.107. The van der Waals surface area contributed by atoms with Crippen LogP contribution in [0.5, 0.6) is 0 Å². The molecule has 0 fully saturated rings. The van der Waals surface area contributed by atoms with E-state index in [1.807, 2.05) is 0 Å². The summed E-state index contributed by atoms with van der Waals surface area (Å²) in [6.45, 7) is 1.55. The minimum Gasteiger partial charge on any atom is -0.479 e. The standard InChI is InChI=1S/C12H12O6/c1-2-9(11(15)16)18-12(17)8-6-4-3-5-7(8)10(13)14/h3-6,9H,2H2,1H3,(H,13,14)(H,15,16). The Morgan fingerprint density at radius 3 is 2.17 bits per heavy atom. The van der Waals surface area contributed by atoms with Crippen molar-refractivity contribution in [2.75, 3.05) is 0 Å². The number of hydrogen-bond acceptors (Lipinski definition) is 4. The molecule has 6 nitrogen and oxygen atoms in total. The second-order valence-corrected chi connectivity index (χ2v) is 3.49. The first kappa shape index (κ1) is 13.7. The van der Waals surface area contributed by atoms with Crippen molar-refractivity contribution in [1.82, 2.24) is 0 Å². The molecule has 6 heteroatoms. The van der Waals surface area contributed by atoms with Gasteiger partial charge in [-0.3, -0.25) is 0 Å². The molecule has 1 unspecified atom stereocenters. The van der Waals surface area contributed by atoms with E-state index in [9.17, 15) is 14.4 Å². The van der Waals surface area contributed by atoms with Crippen LogP contribution in [0.3, 0.4) is 0 Å². The van der Waals surface area contributed by atoms with E-state index < -0.39 is 24.0 Å². The summed E-state index contributed by atoms with van der Waals surface area (Å²) in [6, 6.07) is 5.47. The van der Waals surface area contributed by atoms with Gasteiger partial charge in [0.15, 0.2) is 6.10 Å². The molecule has 0 bridgehead atoms. The average molecular weight is 252 g/mol. The van der Waals surface area contributed by atoms with Gasteiger partial charge < -0.3 is 14.9 Å². The molecule has 0 saturated heterocycles. The topological polar surface area (TPSA) is 101 Å². The minimum atomic E-state index is -1.28. The average Bonchev–Trinajstić information content (AvgIpc) is 2.35. The lowest BCUT2D eigenvalue weighted by Gasteiger charge is -2.12. The van der Waals surface area contributed by atoms with Gasteiger partial charge in [0.2, 0.25) is 0 Å². The molecular weight excluding hydrogens is 240 g/mol. The van der Waals surface area contributed by atoms with Gasteiger partial charge in [-0.05, 0) is 18.6 Å². The summed E-state index contributed by atoms with van der Waals surface area (Å²) < 4.78 is 4.74. The van der Waals surface area contributed by atoms with Gasteiger partial charge >= 0.3 is 17.9 Å². The Bertz CT molecular complexity index is 479. The first-order valence-electron chi connectivity index (χ1n) is 5.23. The number of benzene rings is 1. The molecule has 1 rings (SSSR count). The first-order chi connectivity index (χ1) is 8.47. The molecule has 1 aromatic rings. The Kier molecular flexibility index (Phi) is 4.42. The smallest absolute Gasteiger partial charge is 0.345 e. The number of carboxylic acid groups (broad SMARTS) is 2. The maximum Gasteiger partial charge on any atom is 0.345 e. The molecule has 0 spiro atoms. The van der Waals surface area contributed by atoms with Crippen LogP contribution in [0.1, 0.15) is 34.1 Å². The maximum atomic E-state index is 11.7. The van der Waals surface area contributed by atoms with E-state index in [1.165, 1.54) is 24.3 Å². The molecule has 0 aliphatic heterocycles. The zero-order chi connectivity index (χ0) is 13.7. The molecule has 0 aromatic heterocycles. The van der Waals surface area contributed by atoms with Crippen LogP contribution in [0, 0.1) is 0 Å². The molecule has 2 N–H and O–H groups in total. The summed E-state index contributed by atoms with van der Waals surface area (Å²) in [5.41, 5.74) is -0.382. The highest BCUT2D eigenvalue weighted by atomic mass is 16.6. The molecule has 0 amide bonds. The zero-order valence-electron chi connectivity index (χ0n) is 9.62. The lowest BCUT2D eigenvalue weighted by molar-refractivity contribution is -0.147. The van der Waals surface area contributed by atoms with E-state index >= 15 is 0 Å². The van der Waals surface area contributed by atoms with Crippen LogP contribution in [0.4, 0.5) is 0 Å². The lowest BCUT2D eigenvalue weighted by Crippen LogP contribution is -2.27. The van der Waals surface area contributed by atoms with Crippen LogP contribution in [0.2, 0.25) is 0 Å². The number of carbonyl (C=O) groups is 3. The predicted octanol–water partition coefficient (Wildman–Crippen LogP) is 1.40. The number of carbonyl (C=O) groups excluding carboxylic acids is 1. The number of esters is 1. The van der Waals surface area contributed by atoms with Crippen molar-refractivity contribution in [2.24, 2.45) is 0 Å². The van der Waals surface area contributed by atoms with Gasteiger partial charge in [-0.1, -0.05) is 19.1 Å². The van der Waals surface area contributed by atoms with Crippen LogP contribution in [-0.4, -0.2) is 34.2 Å². The number of carboxylic acids is 2. The summed E-state index contributed by atoms with van der Waals surface area (Å²) in [5.74, 6) is -3.49. The highest BCUT2D eigenvalue weighted by molar-refractivity contribution is 6.02. The monoisotopic (exact) mass is 252 g/mol. The van der Waals surface area contributed by atoms with Crippen molar-refractivity contribution in [3.8, 4) is 0 Å². The van der Waals surface area contributed by atoms with E-state index in [0.29, 0.717) is 0 Å². The van der Waals surface area contributed by atoms with Gasteiger partial charge in [0, 0.05) is 0 Å².